The quantitative estimate of drug-likeness (QED) is 0.472. The second kappa shape index (κ2) is 9.52. The number of halogens is 2. The number of likely N-dealkylation sites (tertiary alicyclic amines) is 1. The predicted molar refractivity (Wildman–Crippen MR) is 123 cm³/mol. The number of thiophene rings is 1. The third-order valence-corrected chi connectivity index (χ3v) is 6.88. The number of hydrogen-bond donors (Lipinski definition) is 1. The molecule has 0 amide bonds. The van der Waals surface area contributed by atoms with Gasteiger partial charge in [-0.15, -0.1) is 28.3 Å². The van der Waals surface area contributed by atoms with Gasteiger partial charge in [0.25, 0.3) is 0 Å². The van der Waals surface area contributed by atoms with E-state index >= 15 is 0 Å². The van der Waals surface area contributed by atoms with Crippen molar-refractivity contribution in [2.75, 3.05) is 19.6 Å². The number of nitrogens with zero attached hydrogens (tertiary/aromatic N) is 3. The van der Waals surface area contributed by atoms with E-state index in [9.17, 15) is 4.79 Å². The van der Waals surface area contributed by atoms with E-state index in [1.165, 1.54) is 30.6 Å². The first kappa shape index (κ1) is 21.5. The molecular weight excluding hydrogens is 504 g/mol. The summed E-state index contributed by atoms with van der Waals surface area (Å²) in [6.45, 7) is 4.24. The molecular formula is C20H24Br2N4OS. The van der Waals surface area contributed by atoms with Crippen molar-refractivity contribution in [3.05, 3.63) is 50.7 Å². The highest BCUT2D eigenvalue weighted by Gasteiger charge is 2.17. The van der Waals surface area contributed by atoms with Crippen LogP contribution < -0.4 is 5.62 Å². The van der Waals surface area contributed by atoms with Crippen molar-refractivity contribution in [3.8, 4) is 0 Å². The first-order valence-electron chi connectivity index (χ1n) is 9.37. The van der Waals surface area contributed by atoms with E-state index in [0.29, 0.717) is 5.62 Å². The molecule has 0 spiro atoms. The Balaban J connectivity index is 0.00000225. The van der Waals surface area contributed by atoms with Crippen molar-refractivity contribution in [3.63, 3.8) is 0 Å². The number of fused-ring (bicyclic) bond motifs is 1. The molecule has 0 radical (unpaired) electrons. The number of rotatable bonds is 6. The van der Waals surface area contributed by atoms with E-state index in [-0.39, 0.29) is 29.3 Å². The lowest BCUT2D eigenvalue weighted by Gasteiger charge is -2.26. The van der Waals surface area contributed by atoms with Gasteiger partial charge in [0.15, 0.2) is 5.78 Å². The van der Waals surface area contributed by atoms with E-state index in [1.807, 2.05) is 45.5 Å². The SMILES string of the molecule is Br.N=c1n(CCN2CCCCC2)c2ccccc2n1CC(=O)c1ccc(Br)s1. The Hall–Kier alpha value is -1.22. The lowest BCUT2D eigenvalue weighted by Crippen LogP contribution is -2.35. The number of hydrogen-bond acceptors (Lipinski definition) is 4. The molecule has 8 heteroatoms. The number of benzene rings is 1. The zero-order valence-electron chi connectivity index (χ0n) is 15.6. The monoisotopic (exact) mass is 526 g/mol. The van der Waals surface area contributed by atoms with Crippen molar-refractivity contribution < 1.29 is 4.79 Å². The van der Waals surface area contributed by atoms with Gasteiger partial charge in [-0.05, 0) is 66.1 Å². The summed E-state index contributed by atoms with van der Waals surface area (Å²) < 4.78 is 4.83. The molecule has 3 heterocycles. The van der Waals surface area contributed by atoms with Gasteiger partial charge in [-0.25, -0.2) is 0 Å². The Morgan fingerprint density at radius 3 is 2.32 bits per heavy atom. The van der Waals surface area contributed by atoms with Gasteiger partial charge in [0.05, 0.1) is 26.2 Å². The van der Waals surface area contributed by atoms with Crippen LogP contribution >= 0.6 is 44.2 Å². The number of carbonyl (C=O) groups excluding carboxylic acids is 1. The minimum atomic E-state index is 0. The van der Waals surface area contributed by atoms with Gasteiger partial charge >= 0.3 is 0 Å². The number of Topliss-reactive ketones (excluding diaryl/α,β-unsaturated/α-hetero) is 1. The van der Waals surface area contributed by atoms with Gasteiger partial charge < -0.3 is 14.0 Å². The Morgan fingerprint density at radius 1 is 1.00 bits per heavy atom. The molecule has 3 aromatic rings. The van der Waals surface area contributed by atoms with Crippen LogP contribution in [-0.4, -0.2) is 39.5 Å². The fraction of sp³-hybridized carbons (Fsp3) is 0.400. The average molecular weight is 528 g/mol. The predicted octanol–water partition coefficient (Wildman–Crippen LogP) is 4.69. The van der Waals surface area contributed by atoms with Crippen LogP contribution in [0.15, 0.2) is 40.2 Å². The Bertz CT molecular complexity index is 1020. The van der Waals surface area contributed by atoms with E-state index in [2.05, 4.69) is 20.8 Å². The maximum absolute atomic E-state index is 12.7. The minimum Gasteiger partial charge on any atom is -0.309 e. The summed E-state index contributed by atoms with van der Waals surface area (Å²) >= 11 is 4.86. The summed E-state index contributed by atoms with van der Waals surface area (Å²) in [6.07, 6.45) is 3.86. The van der Waals surface area contributed by atoms with Crippen molar-refractivity contribution in [1.82, 2.24) is 14.0 Å². The zero-order chi connectivity index (χ0) is 18.8. The summed E-state index contributed by atoms with van der Waals surface area (Å²) in [6, 6.07) is 11.8. The molecule has 1 N–H and O–H groups in total. The number of nitrogens with one attached hydrogen (secondary N) is 1. The number of para-hydroxylation sites is 2. The Labute approximate surface area is 187 Å². The Morgan fingerprint density at radius 2 is 1.68 bits per heavy atom. The number of carbonyl (C=O) groups is 1. The number of imidazole rings is 1. The van der Waals surface area contributed by atoms with Crippen molar-refractivity contribution >= 4 is 61.1 Å². The zero-order valence-corrected chi connectivity index (χ0v) is 19.7. The summed E-state index contributed by atoms with van der Waals surface area (Å²) in [7, 11) is 0. The second-order valence-electron chi connectivity index (χ2n) is 6.98. The smallest absolute Gasteiger partial charge is 0.203 e. The Kier molecular flexibility index (Phi) is 7.31. The molecule has 1 aliphatic heterocycles. The molecule has 1 saturated heterocycles. The molecule has 150 valence electrons. The molecule has 5 nitrogen and oxygen atoms in total. The van der Waals surface area contributed by atoms with E-state index in [4.69, 9.17) is 5.41 Å². The topological polar surface area (TPSA) is 54.0 Å². The highest BCUT2D eigenvalue weighted by atomic mass is 79.9. The molecule has 0 saturated carbocycles. The third-order valence-electron chi connectivity index (χ3n) is 5.21. The van der Waals surface area contributed by atoms with Crippen LogP contribution in [0.25, 0.3) is 11.0 Å². The fourth-order valence-corrected chi connectivity index (χ4v) is 5.11. The number of piperidine rings is 1. The normalized spacial score (nSPS) is 14.9. The molecule has 0 unspecified atom stereocenters. The average Bonchev–Trinajstić information content (AvgIpc) is 3.23. The molecule has 0 atom stereocenters. The van der Waals surface area contributed by atoms with Crippen LogP contribution in [0.5, 0.6) is 0 Å². The van der Waals surface area contributed by atoms with Gasteiger partial charge in [0.2, 0.25) is 5.62 Å². The maximum Gasteiger partial charge on any atom is 0.203 e. The summed E-state index contributed by atoms with van der Waals surface area (Å²) in [5.74, 6) is 0.0446. The molecule has 1 fully saturated rings. The maximum atomic E-state index is 12.7. The van der Waals surface area contributed by atoms with Gasteiger partial charge in [-0.1, -0.05) is 18.6 Å². The van der Waals surface area contributed by atoms with Crippen molar-refractivity contribution in [2.45, 2.75) is 32.4 Å². The standard InChI is InChI=1S/C20H23BrN4OS.BrH/c21-19-9-8-18(27-19)17(26)14-25-16-7-3-2-6-15(16)24(20(25)22)13-12-23-10-4-1-5-11-23;/h2-3,6-9,22H,1,4-5,10-14H2;1H. The summed E-state index contributed by atoms with van der Waals surface area (Å²) in [5.41, 5.74) is 2.38. The fourth-order valence-electron chi connectivity index (χ4n) is 3.79. The largest absolute Gasteiger partial charge is 0.309 e. The highest BCUT2D eigenvalue weighted by Crippen LogP contribution is 2.23. The van der Waals surface area contributed by atoms with E-state index in [0.717, 1.165) is 45.9 Å². The molecule has 2 aromatic heterocycles. The summed E-state index contributed by atoms with van der Waals surface area (Å²) in [5, 5.41) is 8.70. The van der Waals surface area contributed by atoms with Crippen molar-refractivity contribution in [2.24, 2.45) is 0 Å². The van der Waals surface area contributed by atoms with Crippen LogP contribution in [-0.2, 0) is 13.1 Å². The van der Waals surface area contributed by atoms with Crippen LogP contribution in [0.1, 0.15) is 28.9 Å². The lowest BCUT2D eigenvalue weighted by atomic mass is 10.1. The third kappa shape index (κ3) is 4.50. The molecule has 1 aromatic carbocycles. The van der Waals surface area contributed by atoms with Gasteiger partial charge in [-0.3, -0.25) is 10.2 Å². The van der Waals surface area contributed by atoms with E-state index in [1.54, 1.807) is 0 Å². The highest BCUT2D eigenvalue weighted by molar-refractivity contribution is 9.11. The number of aromatic nitrogens is 2. The van der Waals surface area contributed by atoms with Crippen LogP contribution in [0.2, 0.25) is 0 Å². The number of ketones is 1. The van der Waals surface area contributed by atoms with Gasteiger partial charge in [0, 0.05) is 13.1 Å². The van der Waals surface area contributed by atoms with Gasteiger partial charge in [0.1, 0.15) is 0 Å². The van der Waals surface area contributed by atoms with Gasteiger partial charge in [-0.2, -0.15) is 0 Å². The van der Waals surface area contributed by atoms with E-state index < -0.39 is 0 Å². The molecule has 28 heavy (non-hydrogen) atoms. The van der Waals surface area contributed by atoms with Crippen LogP contribution in [0.3, 0.4) is 0 Å². The first-order valence-corrected chi connectivity index (χ1v) is 11.0. The van der Waals surface area contributed by atoms with Crippen molar-refractivity contribution in [1.29, 1.82) is 5.41 Å². The molecule has 0 aliphatic carbocycles. The van der Waals surface area contributed by atoms with Crippen LogP contribution in [0.4, 0.5) is 0 Å². The molecule has 4 rings (SSSR count). The second-order valence-corrected chi connectivity index (χ2v) is 9.44. The molecule has 1 aliphatic rings. The first-order chi connectivity index (χ1) is 13.1. The summed E-state index contributed by atoms with van der Waals surface area (Å²) in [4.78, 5) is 15.9. The molecule has 0 bridgehead atoms. The minimum absolute atomic E-state index is 0. The van der Waals surface area contributed by atoms with Crippen LogP contribution in [0, 0.1) is 5.41 Å². The lowest BCUT2D eigenvalue weighted by molar-refractivity contribution is 0.0975.